The molecule has 3 rings (SSSR count). The molecule has 3 fully saturated rings. The zero-order valence-electron chi connectivity index (χ0n) is 8.01. The van der Waals surface area contributed by atoms with Crippen LogP contribution in [0.4, 0.5) is 0 Å². The zero-order valence-corrected chi connectivity index (χ0v) is 8.01. The van der Waals surface area contributed by atoms with Crippen molar-refractivity contribution in [2.24, 2.45) is 11.8 Å². The summed E-state index contributed by atoms with van der Waals surface area (Å²) in [6, 6.07) is 0. The van der Waals surface area contributed by atoms with E-state index in [1.807, 2.05) is 0 Å². The Balaban J connectivity index is 1.66. The molecule has 2 aliphatic carbocycles. The first kappa shape index (κ1) is 7.84. The summed E-state index contributed by atoms with van der Waals surface area (Å²) >= 11 is 0. The molecule has 13 heavy (non-hydrogen) atoms. The Labute approximate surface area is 79.1 Å². The highest BCUT2D eigenvalue weighted by Crippen LogP contribution is 2.48. The molecule has 72 valence electrons. The highest BCUT2D eigenvalue weighted by Gasteiger charge is 2.48. The average molecular weight is 179 g/mol. The van der Waals surface area contributed by atoms with Crippen LogP contribution in [0.3, 0.4) is 0 Å². The summed E-state index contributed by atoms with van der Waals surface area (Å²) in [5.41, 5.74) is 0.266. The predicted molar refractivity (Wildman–Crippen MR) is 50.2 cm³/mol. The number of carbonyl (C=O) groups excluding carboxylic acids is 1. The van der Waals surface area contributed by atoms with Crippen LogP contribution in [-0.2, 0) is 4.79 Å². The summed E-state index contributed by atoms with van der Waals surface area (Å²) in [7, 11) is 0. The molecule has 2 saturated carbocycles. The normalized spacial score (nSPS) is 44.3. The van der Waals surface area contributed by atoms with Crippen molar-refractivity contribution in [3.63, 3.8) is 0 Å². The van der Waals surface area contributed by atoms with Crippen molar-refractivity contribution >= 4 is 5.91 Å². The molecule has 0 bridgehead atoms. The standard InChI is InChI=1S/C11H17NO/c13-10-7-11(12-10)5-1-2-9(6-11)8-3-4-8/h8-9H,1-7H2,(H,12,13). The van der Waals surface area contributed by atoms with E-state index >= 15 is 0 Å². The maximum absolute atomic E-state index is 11.0. The molecule has 1 N–H and O–H groups in total. The van der Waals surface area contributed by atoms with Gasteiger partial charge in [-0.25, -0.2) is 0 Å². The fraction of sp³-hybridized carbons (Fsp3) is 0.909. The fourth-order valence-corrected chi connectivity index (χ4v) is 3.24. The SMILES string of the molecule is O=C1CC2(CCCC(C3CC3)C2)N1. The quantitative estimate of drug-likeness (QED) is 0.611. The molecule has 2 unspecified atom stereocenters. The van der Waals surface area contributed by atoms with E-state index in [1.54, 1.807) is 0 Å². The fourth-order valence-electron chi connectivity index (χ4n) is 3.24. The third kappa shape index (κ3) is 1.27. The molecule has 2 nitrogen and oxygen atoms in total. The Kier molecular flexibility index (Phi) is 1.50. The second kappa shape index (κ2) is 2.49. The van der Waals surface area contributed by atoms with E-state index in [-0.39, 0.29) is 11.4 Å². The van der Waals surface area contributed by atoms with E-state index in [4.69, 9.17) is 0 Å². The summed E-state index contributed by atoms with van der Waals surface area (Å²) in [6.45, 7) is 0. The van der Waals surface area contributed by atoms with E-state index in [9.17, 15) is 4.79 Å². The van der Waals surface area contributed by atoms with Gasteiger partial charge >= 0.3 is 0 Å². The van der Waals surface area contributed by atoms with E-state index in [0.29, 0.717) is 0 Å². The van der Waals surface area contributed by atoms with E-state index in [2.05, 4.69) is 5.32 Å². The van der Waals surface area contributed by atoms with Crippen LogP contribution in [-0.4, -0.2) is 11.4 Å². The van der Waals surface area contributed by atoms with Crippen molar-refractivity contribution < 1.29 is 4.79 Å². The second-order valence-corrected chi connectivity index (χ2v) is 5.20. The van der Waals surface area contributed by atoms with Gasteiger partial charge in [0.15, 0.2) is 0 Å². The first-order chi connectivity index (χ1) is 6.27. The zero-order chi connectivity index (χ0) is 8.89. The number of carbonyl (C=O) groups is 1. The van der Waals surface area contributed by atoms with Gasteiger partial charge in [0.25, 0.3) is 0 Å². The van der Waals surface area contributed by atoms with E-state index in [1.165, 1.54) is 38.5 Å². The van der Waals surface area contributed by atoms with Crippen molar-refractivity contribution in [1.29, 1.82) is 0 Å². The molecule has 0 aromatic rings. The lowest BCUT2D eigenvalue weighted by molar-refractivity contribution is -0.135. The molecule has 1 spiro atoms. The molecule has 1 heterocycles. The topological polar surface area (TPSA) is 29.1 Å². The molecule has 1 saturated heterocycles. The van der Waals surface area contributed by atoms with Crippen molar-refractivity contribution in [2.45, 2.75) is 50.5 Å². The number of nitrogens with one attached hydrogen (secondary N) is 1. The number of rotatable bonds is 1. The van der Waals surface area contributed by atoms with Crippen LogP contribution < -0.4 is 5.32 Å². The smallest absolute Gasteiger partial charge is 0.222 e. The summed E-state index contributed by atoms with van der Waals surface area (Å²) in [5, 5.41) is 3.13. The van der Waals surface area contributed by atoms with Crippen LogP contribution in [0.25, 0.3) is 0 Å². The minimum atomic E-state index is 0.266. The average Bonchev–Trinajstić information content (AvgIpc) is 2.84. The first-order valence-electron chi connectivity index (χ1n) is 5.58. The molecule has 1 amide bonds. The number of β-lactam (4-membered cyclic amide) rings is 1. The molecule has 2 heteroatoms. The minimum Gasteiger partial charge on any atom is -0.350 e. The monoisotopic (exact) mass is 179 g/mol. The Hall–Kier alpha value is -0.530. The summed E-state index contributed by atoms with van der Waals surface area (Å²) in [5.74, 6) is 2.24. The van der Waals surface area contributed by atoms with Crippen LogP contribution in [0.2, 0.25) is 0 Å². The van der Waals surface area contributed by atoms with Crippen LogP contribution in [0, 0.1) is 11.8 Å². The number of hydrogen-bond acceptors (Lipinski definition) is 1. The van der Waals surface area contributed by atoms with Crippen molar-refractivity contribution in [1.82, 2.24) is 5.32 Å². The molecule has 3 aliphatic rings. The van der Waals surface area contributed by atoms with Crippen LogP contribution in [0.5, 0.6) is 0 Å². The van der Waals surface area contributed by atoms with E-state index in [0.717, 1.165) is 18.3 Å². The van der Waals surface area contributed by atoms with Gasteiger partial charge in [-0.15, -0.1) is 0 Å². The highest BCUT2D eigenvalue weighted by molar-refractivity contribution is 5.84. The summed E-state index contributed by atoms with van der Waals surface area (Å²) < 4.78 is 0. The molecular weight excluding hydrogens is 162 g/mol. The van der Waals surface area contributed by atoms with Gasteiger partial charge in [0.05, 0.1) is 0 Å². The van der Waals surface area contributed by atoms with Gasteiger partial charge in [-0.1, -0.05) is 12.8 Å². The van der Waals surface area contributed by atoms with Gasteiger partial charge in [-0.05, 0) is 37.5 Å². The van der Waals surface area contributed by atoms with Gasteiger partial charge in [-0.2, -0.15) is 0 Å². The highest BCUT2D eigenvalue weighted by atomic mass is 16.2. The lowest BCUT2D eigenvalue weighted by Crippen LogP contribution is -2.62. The lowest BCUT2D eigenvalue weighted by atomic mass is 9.69. The summed E-state index contributed by atoms with van der Waals surface area (Å²) in [4.78, 5) is 11.0. The largest absolute Gasteiger partial charge is 0.350 e. The third-order valence-corrected chi connectivity index (χ3v) is 4.08. The van der Waals surface area contributed by atoms with Crippen LogP contribution >= 0.6 is 0 Å². The van der Waals surface area contributed by atoms with Crippen molar-refractivity contribution in [3.05, 3.63) is 0 Å². The minimum absolute atomic E-state index is 0.266. The number of amides is 1. The Morgan fingerprint density at radius 3 is 2.62 bits per heavy atom. The Morgan fingerprint density at radius 1 is 1.23 bits per heavy atom. The molecule has 0 radical (unpaired) electrons. The number of hydrogen-bond donors (Lipinski definition) is 1. The third-order valence-electron chi connectivity index (χ3n) is 4.08. The summed E-state index contributed by atoms with van der Waals surface area (Å²) in [6.07, 6.45) is 8.99. The predicted octanol–water partition coefficient (Wildman–Crippen LogP) is 1.85. The van der Waals surface area contributed by atoms with Gasteiger partial charge < -0.3 is 5.32 Å². The van der Waals surface area contributed by atoms with Gasteiger partial charge in [0.2, 0.25) is 5.91 Å². The Morgan fingerprint density at radius 2 is 2.00 bits per heavy atom. The van der Waals surface area contributed by atoms with Crippen LogP contribution in [0.1, 0.15) is 44.9 Å². The van der Waals surface area contributed by atoms with Gasteiger partial charge in [0.1, 0.15) is 0 Å². The molecule has 0 aromatic heterocycles. The van der Waals surface area contributed by atoms with E-state index < -0.39 is 0 Å². The molecule has 1 aliphatic heterocycles. The maximum Gasteiger partial charge on any atom is 0.222 e. The van der Waals surface area contributed by atoms with Crippen molar-refractivity contribution in [3.8, 4) is 0 Å². The molecule has 0 aromatic carbocycles. The molecular formula is C11H17NO. The van der Waals surface area contributed by atoms with Crippen LogP contribution in [0.15, 0.2) is 0 Å². The van der Waals surface area contributed by atoms with Crippen molar-refractivity contribution in [2.75, 3.05) is 0 Å². The lowest BCUT2D eigenvalue weighted by Gasteiger charge is -2.47. The first-order valence-corrected chi connectivity index (χ1v) is 5.58. The van der Waals surface area contributed by atoms with Gasteiger partial charge in [0, 0.05) is 12.0 Å². The maximum atomic E-state index is 11.0. The molecule has 2 atom stereocenters. The Bertz CT molecular complexity index is 236. The van der Waals surface area contributed by atoms with Gasteiger partial charge in [-0.3, -0.25) is 4.79 Å². The second-order valence-electron chi connectivity index (χ2n) is 5.20.